The van der Waals surface area contributed by atoms with Crippen molar-refractivity contribution in [3.05, 3.63) is 11.6 Å². The van der Waals surface area contributed by atoms with Gasteiger partial charge in [-0.2, -0.15) is 5.10 Å². The normalized spacial score (nSPS) is 28.5. The summed E-state index contributed by atoms with van der Waals surface area (Å²) in [6.45, 7) is 1.38. The Balaban J connectivity index is 1.46. The van der Waals surface area contributed by atoms with Crippen LogP contribution < -0.4 is 0 Å². The summed E-state index contributed by atoms with van der Waals surface area (Å²) >= 11 is 0. The average molecular weight is 304 g/mol. The molecule has 1 saturated heterocycles. The number of hydrogen-bond acceptors (Lipinski definition) is 4. The highest BCUT2D eigenvalue weighted by atomic mass is 16.5. The van der Waals surface area contributed by atoms with Crippen LogP contribution in [0.3, 0.4) is 0 Å². The van der Waals surface area contributed by atoms with Crippen LogP contribution >= 0.6 is 0 Å². The Bertz CT molecular complexity index is 564. The van der Waals surface area contributed by atoms with Crippen molar-refractivity contribution in [1.82, 2.24) is 19.7 Å². The van der Waals surface area contributed by atoms with E-state index in [0.717, 1.165) is 24.5 Å². The van der Waals surface area contributed by atoms with E-state index in [1.165, 1.54) is 25.7 Å². The van der Waals surface area contributed by atoms with Crippen molar-refractivity contribution in [2.75, 3.05) is 13.2 Å². The van der Waals surface area contributed by atoms with Crippen molar-refractivity contribution in [3.8, 4) is 0 Å². The zero-order chi connectivity index (χ0) is 15.1. The van der Waals surface area contributed by atoms with Gasteiger partial charge in [0, 0.05) is 19.5 Å². The van der Waals surface area contributed by atoms with Crippen LogP contribution in [0.4, 0.5) is 0 Å². The molecule has 0 radical (unpaired) electrons. The molecule has 22 heavy (non-hydrogen) atoms. The number of carbonyl (C=O) groups excluding carboxylic acids is 1. The predicted molar refractivity (Wildman–Crippen MR) is 80.4 cm³/mol. The van der Waals surface area contributed by atoms with Gasteiger partial charge in [-0.15, -0.1) is 0 Å². The third-order valence-corrected chi connectivity index (χ3v) is 5.17. The molecule has 3 aliphatic rings. The Morgan fingerprint density at radius 1 is 1.27 bits per heavy atom. The minimum absolute atomic E-state index is 0.179. The first-order valence-corrected chi connectivity index (χ1v) is 8.53. The zero-order valence-electron chi connectivity index (χ0n) is 13.2. The number of aryl methyl sites for hydroxylation is 1. The molecule has 6 heteroatoms. The van der Waals surface area contributed by atoms with E-state index >= 15 is 0 Å². The maximum Gasteiger partial charge on any atom is 0.230 e. The number of aromatic nitrogens is 3. The summed E-state index contributed by atoms with van der Waals surface area (Å²) < 4.78 is 7.64. The van der Waals surface area contributed by atoms with E-state index in [4.69, 9.17) is 4.74 Å². The molecule has 6 nitrogen and oxygen atoms in total. The molecular formula is C16H24N4O2. The van der Waals surface area contributed by atoms with E-state index in [1.54, 1.807) is 4.68 Å². The van der Waals surface area contributed by atoms with Crippen LogP contribution in [0.5, 0.6) is 0 Å². The molecule has 2 unspecified atom stereocenters. The SMILES string of the molecule is Cn1nc(C2CC2)nc1CC(=O)N1CCOC2CCCCC21. The maximum absolute atomic E-state index is 12.8. The monoisotopic (exact) mass is 304 g/mol. The molecule has 0 bridgehead atoms. The molecule has 1 aliphatic heterocycles. The van der Waals surface area contributed by atoms with Gasteiger partial charge in [0.15, 0.2) is 5.82 Å². The fraction of sp³-hybridized carbons (Fsp3) is 0.812. The highest BCUT2D eigenvalue weighted by Crippen LogP contribution is 2.38. The topological polar surface area (TPSA) is 60.2 Å². The molecule has 2 heterocycles. The van der Waals surface area contributed by atoms with Crippen molar-refractivity contribution in [2.24, 2.45) is 7.05 Å². The lowest BCUT2D eigenvalue weighted by Gasteiger charge is -2.43. The second-order valence-corrected chi connectivity index (χ2v) is 6.81. The Morgan fingerprint density at radius 3 is 2.91 bits per heavy atom. The summed E-state index contributed by atoms with van der Waals surface area (Å²) in [4.78, 5) is 19.4. The van der Waals surface area contributed by atoms with Crippen LogP contribution in [-0.2, 0) is 23.0 Å². The lowest BCUT2D eigenvalue weighted by molar-refractivity contribution is -0.149. The zero-order valence-corrected chi connectivity index (χ0v) is 13.2. The molecule has 2 saturated carbocycles. The molecule has 3 fully saturated rings. The van der Waals surface area contributed by atoms with Crippen molar-refractivity contribution in [2.45, 2.75) is 63.0 Å². The van der Waals surface area contributed by atoms with Gasteiger partial charge in [0.1, 0.15) is 5.82 Å². The summed E-state index contributed by atoms with van der Waals surface area (Å²) in [5.74, 6) is 2.42. The van der Waals surface area contributed by atoms with Crippen molar-refractivity contribution >= 4 is 5.91 Å². The molecule has 0 aromatic carbocycles. The number of ether oxygens (including phenoxy) is 1. The lowest BCUT2D eigenvalue weighted by atomic mass is 9.90. The molecule has 0 spiro atoms. The van der Waals surface area contributed by atoms with Gasteiger partial charge < -0.3 is 9.64 Å². The third-order valence-electron chi connectivity index (χ3n) is 5.17. The minimum Gasteiger partial charge on any atom is -0.374 e. The molecule has 4 rings (SSSR count). The van der Waals surface area contributed by atoms with Gasteiger partial charge in [-0.05, 0) is 25.7 Å². The van der Waals surface area contributed by atoms with Crippen LogP contribution in [0.15, 0.2) is 0 Å². The minimum atomic E-state index is 0.179. The van der Waals surface area contributed by atoms with E-state index in [-0.39, 0.29) is 18.1 Å². The van der Waals surface area contributed by atoms with Gasteiger partial charge in [0.25, 0.3) is 0 Å². The maximum atomic E-state index is 12.8. The van der Waals surface area contributed by atoms with Crippen molar-refractivity contribution in [1.29, 1.82) is 0 Å². The van der Waals surface area contributed by atoms with Crippen molar-refractivity contribution < 1.29 is 9.53 Å². The molecule has 120 valence electrons. The predicted octanol–water partition coefficient (Wildman–Crippen LogP) is 1.40. The van der Waals surface area contributed by atoms with Crippen LogP contribution in [0.25, 0.3) is 0 Å². The number of fused-ring (bicyclic) bond motifs is 1. The van der Waals surface area contributed by atoms with Crippen LogP contribution in [0, 0.1) is 0 Å². The smallest absolute Gasteiger partial charge is 0.230 e. The first kappa shape index (κ1) is 14.2. The van der Waals surface area contributed by atoms with E-state index in [9.17, 15) is 4.79 Å². The number of nitrogens with zero attached hydrogens (tertiary/aromatic N) is 4. The molecule has 0 N–H and O–H groups in total. The quantitative estimate of drug-likeness (QED) is 0.847. The van der Waals surface area contributed by atoms with E-state index in [2.05, 4.69) is 10.1 Å². The lowest BCUT2D eigenvalue weighted by Crippen LogP contribution is -2.55. The van der Waals surface area contributed by atoms with Crippen molar-refractivity contribution in [3.63, 3.8) is 0 Å². The summed E-state index contributed by atoms with van der Waals surface area (Å²) in [6, 6.07) is 0.270. The fourth-order valence-corrected chi connectivity index (χ4v) is 3.75. The first-order valence-electron chi connectivity index (χ1n) is 8.53. The summed E-state index contributed by atoms with van der Waals surface area (Å²) in [6.07, 6.45) is 7.55. The van der Waals surface area contributed by atoms with Crippen LogP contribution in [-0.4, -0.2) is 50.9 Å². The van der Waals surface area contributed by atoms with Gasteiger partial charge in [0.05, 0.1) is 25.2 Å². The third kappa shape index (κ3) is 2.64. The molecule has 1 amide bonds. The van der Waals surface area contributed by atoms with E-state index in [0.29, 0.717) is 25.5 Å². The molecule has 2 atom stereocenters. The summed E-state index contributed by atoms with van der Waals surface area (Å²) in [7, 11) is 1.89. The Morgan fingerprint density at radius 2 is 2.09 bits per heavy atom. The largest absolute Gasteiger partial charge is 0.374 e. The highest BCUT2D eigenvalue weighted by molar-refractivity contribution is 5.78. The van der Waals surface area contributed by atoms with E-state index < -0.39 is 0 Å². The van der Waals surface area contributed by atoms with Crippen LogP contribution in [0.2, 0.25) is 0 Å². The Kier molecular flexibility index (Phi) is 3.64. The van der Waals surface area contributed by atoms with E-state index in [1.807, 2.05) is 11.9 Å². The number of rotatable bonds is 3. The second kappa shape index (κ2) is 5.65. The second-order valence-electron chi connectivity index (χ2n) is 6.81. The van der Waals surface area contributed by atoms with Gasteiger partial charge in [0.2, 0.25) is 5.91 Å². The Hall–Kier alpha value is -1.43. The fourth-order valence-electron chi connectivity index (χ4n) is 3.75. The number of carbonyl (C=O) groups is 1. The summed E-state index contributed by atoms with van der Waals surface area (Å²) in [5.41, 5.74) is 0. The van der Waals surface area contributed by atoms with Gasteiger partial charge in [-0.25, -0.2) is 4.98 Å². The van der Waals surface area contributed by atoms with Crippen LogP contribution in [0.1, 0.15) is 56.1 Å². The molecular weight excluding hydrogens is 280 g/mol. The Labute approximate surface area is 130 Å². The van der Waals surface area contributed by atoms with Gasteiger partial charge in [-0.1, -0.05) is 12.8 Å². The molecule has 1 aromatic heterocycles. The van der Waals surface area contributed by atoms with Gasteiger partial charge in [-0.3, -0.25) is 9.48 Å². The molecule has 2 aliphatic carbocycles. The average Bonchev–Trinajstić information content (AvgIpc) is 3.32. The summed E-state index contributed by atoms with van der Waals surface area (Å²) in [5, 5.41) is 4.46. The number of morpholine rings is 1. The number of amides is 1. The number of hydrogen-bond donors (Lipinski definition) is 0. The molecule has 1 aromatic rings. The standard InChI is InChI=1S/C16H24N4O2/c1-19-14(17-16(18-19)11-6-7-11)10-15(21)20-8-9-22-13-5-3-2-4-12(13)20/h11-13H,2-10H2,1H3. The van der Waals surface area contributed by atoms with Gasteiger partial charge >= 0.3 is 0 Å². The highest BCUT2D eigenvalue weighted by Gasteiger charge is 2.37. The first-order chi connectivity index (χ1) is 10.7.